The predicted octanol–water partition coefficient (Wildman–Crippen LogP) is 7.24. The summed E-state index contributed by atoms with van der Waals surface area (Å²) < 4.78 is 17.0. The van der Waals surface area contributed by atoms with Crippen LogP contribution >= 0.6 is 0 Å². The Morgan fingerprint density at radius 1 is 0.786 bits per heavy atom. The number of nitrogens with zero attached hydrogens (tertiary/aromatic N) is 2. The summed E-state index contributed by atoms with van der Waals surface area (Å²) in [5.74, 6) is 1.52. The van der Waals surface area contributed by atoms with Gasteiger partial charge in [-0.1, -0.05) is 78.4 Å². The van der Waals surface area contributed by atoms with Crippen molar-refractivity contribution in [3.05, 3.63) is 126 Å². The summed E-state index contributed by atoms with van der Waals surface area (Å²) in [6, 6.07) is 34.3. The molecule has 1 fully saturated rings. The SMILES string of the molecule is Cc1ccc(Oc2ccc(N3CCCC(N(NC(=O)OCc4ccccc4)C(=O)OCc4ccccc4)C3)cc2)cc1. The van der Waals surface area contributed by atoms with Crippen LogP contribution in [0.2, 0.25) is 0 Å². The maximum Gasteiger partial charge on any atom is 0.429 e. The van der Waals surface area contributed by atoms with Gasteiger partial charge in [-0.2, -0.15) is 0 Å². The zero-order chi connectivity index (χ0) is 29.1. The van der Waals surface area contributed by atoms with Crippen LogP contribution in [0.25, 0.3) is 0 Å². The maximum absolute atomic E-state index is 13.3. The summed E-state index contributed by atoms with van der Waals surface area (Å²) in [4.78, 5) is 28.3. The lowest BCUT2D eigenvalue weighted by atomic mass is 10.0. The minimum atomic E-state index is -0.717. The first-order chi connectivity index (χ1) is 20.5. The molecular weight excluding hydrogens is 530 g/mol. The Kier molecular flexibility index (Phi) is 9.57. The number of benzene rings is 4. The molecule has 216 valence electrons. The van der Waals surface area contributed by atoms with Crippen molar-refractivity contribution in [2.75, 3.05) is 18.0 Å². The fourth-order valence-corrected chi connectivity index (χ4v) is 4.80. The van der Waals surface area contributed by atoms with E-state index < -0.39 is 12.2 Å². The molecule has 5 rings (SSSR count). The largest absolute Gasteiger partial charge is 0.457 e. The van der Waals surface area contributed by atoms with Gasteiger partial charge >= 0.3 is 12.2 Å². The number of aryl methyl sites for hydroxylation is 1. The summed E-state index contributed by atoms with van der Waals surface area (Å²) >= 11 is 0. The molecule has 4 aromatic carbocycles. The van der Waals surface area contributed by atoms with Gasteiger partial charge in [0.05, 0.1) is 6.04 Å². The predicted molar refractivity (Wildman–Crippen MR) is 161 cm³/mol. The van der Waals surface area contributed by atoms with Crippen molar-refractivity contribution in [1.82, 2.24) is 10.4 Å². The average molecular weight is 566 g/mol. The Balaban J connectivity index is 1.25. The van der Waals surface area contributed by atoms with E-state index in [0.29, 0.717) is 13.0 Å². The van der Waals surface area contributed by atoms with Crippen LogP contribution in [0, 0.1) is 6.92 Å². The van der Waals surface area contributed by atoms with Crippen LogP contribution in [0.5, 0.6) is 11.5 Å². The molecule has 0 aliphatic carbocycles. The lowest BCUT2D eigenvalue weighted by Crippen LogP contribution is -2.57. The molecule has 1 heterocycles. The van der Waals surface area contributed by atoms with Crippen LogP contribution in [0.4, 0.5) is 15.3 Å². The highest BCUT2D eigenvalue weighted by Gasteiger charge is 2.32. The molecule has 42 heavy (non-hydrogen) atoms. The smallest absolute Gasteiger partial charge is 0.429 e. The van der Waals surface area contributed by atoms with Gasteiger partial charge in [0.2, 0.25) is 0 Å². The normalized spacial score (nSPS) is 14.5. The zero-order valence-corrected chi connectivity index (χ0v) is 23.6. The van der Waals surface area contributed by atoms with Gasteiger partial charge in [0.25, 0.3) is 0 Å². The molecule has 0 saturated carbocycles. The summed E-state index contributed by atoms with van der Waals surface area (Å²) in [6.07, 6.45) is 0.175. The monoisotopic (exact) mass is 565 g/mol. The second kappa shape index (κ2) is 14.1. The van der Waals surface area contributed by atoms with E-state index in [4.69, 9.17) is 14.2 Å². The second-order valence-corrected chi connectivity index (χ2v) is 10.2. The molecule has 1 aliphatic rings. The molecule has 1 saturated heterocycles. The van der Waals surface area contributed by atoms with Gasteiger partial charge < -0.3 is 19.1 Å². The van der Waals surface area contributed by atoms with Gasteiger partial charge in [0, 0.05) is 18.8 Å². The number of carbonyl (C=O) groups is 2. The number of ether oxygens (including phenoxy) is 3. The molecule has 1 aliphatic heterocycles. The van der Waals surface area contributed by atoms with Gasteiger partial charge in [-0.3, -0.25) is 0 Å². The molecular formula is C34H35N3O5. The molecule has 0 bridgehead atoms. The lowest BCUT2D eigenvalue weighted by Gasteiger charge is -2.39. The fraction of sp³-hybridized carbons (Fsp3) is 0.235. The molecule has 0 aromatic heterocycles. The van der Waals surface area contributed by atoms with E-state index in [1.54, 1.807) is 0 Å². The maximum atomic E-state index is 13.3. The number of carbonyl (C=O) groups excluding carboxylic acids is 2. The van der Waals surface area contributed by atoms with E-state index in [1.165, 1.54) is 10.6 Å². The Labute approximate surface area is 246 Å². The molecule has 1 unspecified atom stereocenters. The Morgan fingerprint density at radius 3 is 1.98 bits per heavy atom. The quantitative estimate of drug-likeness (QED) is 0.227. The minimum absolute atomic E-state index is 0.0907. The summed E-state index contributed by atoms with van der Waals surface area (Å²) in [6.45, 7) is 3.55. The van der Waals surface area contributed by atoms with Crippen molar-refractivity contribution >= 4 is 17.9 Å². The van der Waals surface area contributed by atoms with Gasteiger partial charge in [-0.05, 0) is 67.3 Å². The van der Waals surface area contributed by atoms with Gasteiger partial charge in [-0.15, -0.1) is 0 Å². The standard InChI is InChI=1S/C34H35N3O5/c1-26-14-18-31(19-15-26)42-32-20-16-29(17-21-32)36-22-8-13-30(23-36)37(34(39)41-25-28-11-6-3-7-12-28)35-33(38)40-24-27-9-4-2-5-10-27/h2-7,9-12,14-21,30H,8,13,22-25H2,1H3,(H,35,38). The number of anilines is 1. The highest BCUT2D eigenvalue weighted by molar-refractivity contribution is 5.74. The number of hydrogen-bond acceptors (Lipinski definition) is 6. The molecule has 8 nitrogen and oxygen atoms in total. The Bertz CT molecular complexity index is 1430. The van der Waals surface area contributed by atoms with Crippen LogP contribution in [-0.4, -0.2) is 36.3 Å². The first-order valence-corrected chi connectivity index (χ1v) is 14.1. The Morgan fingerprint density at radius 2 is 1.36 bits per heavy atom. The van der Waals surface area contributed by atoms with Gasteiger partial charge in [-0.25, -0.2) is 20.0 Å². The van der Waals surface area contributed by atoms with Crippen molar-refractivity contribution in [1.29, 1.82) is 0 Å². The molecule has 1 atom stereocenters. The van der Waals surface area contributed by atoms with Crippen LogP contribution in [-0.2, 0) is 22.7 Å². The minimum Gasteiger partial charge on any atom is -0.457 e. The van der Waals surface area contributed by atoms with E-state index in [1.807, 2.05) is 116 Å². The molecule has 0 spiro atoms. The first-order valence-electron chi connectivity index (χ1n) is 14.1. The highest BCUT2D eigenvalue weighted by atomic mass is 16.6. The number of amides is 2. The third-order valence-corrected chi connectivity index (χ3v) is 7.05. The molecule has 2 amide bonds. The van der Waals surface area contributed by atoms with Crippen molar-refractivity contribution < 1.29 is 23.8 Å². The number of hydrogen-bond donors (Lipinski definition) is 1. The summed E-state index contributed by atoms with van der Waals surface area (Å²) in [5.41, 5.74) is 6.54. The van der Waals surface area contributed by atoms with Crippen molar-refractivity contribution in [2.24, 2.45) is 0 Å². The zero-order valence-electron chi connectivity index (χ0n) is 23.6. The van der Waals surface area contributed by atoms with Crippen LogP contribution in [0.3, 0.4) is 0 Å². The summed E-state index contributed by atoms with van der Waals surface area (Å²) in [5, 5.41) is 1.28. The van der Waals surface area contributed by atoms with Gasteiger partial charge in [0.15, 0.2) is 0 Å². The third-order valence-electron chi connectivity index (χ3n) is 7.05. The molecule has 0 radical (unpaired) electrons. The van der Waals surface area contributed by atoms with E-state index in [2.05, 4.69) is 10.3 Å². The van der Waals surface area contributed by atoms with E-state index in [9.17, 15) is 9.59 Å². The van der Waals surface area contributed by atoms with Crippen LogP contribution in [0.1, 0.15) is 29.5 Å². The highest BCUT2D eigenvalue weighted by Crippen LogP contribution is 2.27. The van der Waals surface area contributed by atoms with Crippen LogP contribution in [0.15, 0.2) is 109 Å². The fourth-order valence-electron chi connectivity index (χ4n) is 4.80. The van der Waals surface area contributed by atoms with E-state index in [-0.39, 0.29) is 19.3 Å². The summed E-state index contributed by atoms with van der Waals surface area (Å²) in [7, 11) is 0. The first kappa shape index (κ1) is 28.5. The third kappa shape index (κ3) is 8.04. The molecule has 8 heteroatoms. The van der Waals surface area contributed by atoms with Crippen molar-refractivity contribution in [3.63, 3.8) is 0 Å². The second-order valence-electron chi connectivity index (χ2n) is 10.2. The van der Waals surface area contributed by atoms with Gasteiger partial charge in [0.1, 0.15) is 24.7 Å². The number of piperidine rings is 1. The number of nitrogens with one attached hydrogen (secondary N) is 1. The van der Waals surface area contributed by atoms with Crippen LogP contribution < -0.4 is 15.1 Å². The average Bonchev–Trinajstić information content (AvgIpc) is 3.04. The Hall–Kier alpha value is -4.98. The molecule has 4 aromatic rings. The number of rotatable bonds is 8. The lowest BCUT2D eigenvalue weighted by molar-refractivity contribution is 0.0432. The van der Waals surface area contributed by atoms with Crippen molar-refractivity contribution in [3.8, 4) is 11.5 Å². The van der Waals surface area contributed by atoms with E-state index in [0.717, 1.165) is 41.3 Å². The van der Waals surface area contributed by atoms with E-state index >= 15 is 0 Å². The number of hydrazine groups is 1. The van der Waals surface area contributed by atoms with Crippen molar-refractivity contribution in [2.45, 2.75) is 39.0 Å². The topological polar surface area (TPSA) is 80.3 Å². The molecule has 1 N–H and O–H groups in total.